The van der Waals surface area contributed by atoms with E-state index in [4.69, 9.17) is 10.5 Å². The summed E-state index contributed by atoms with van der Waals surface area (Å²) in [5.74, 6) is -0.0195. The third-order valence-electron chi connectivity index (χ3n) is 3.00. The minimum atomic E-state index is -0.0195. The number of anilines is 1. The number of ether oxygens (including phenoxy) is 1. The zero-order chi connectivity index (χ0) is 12.4. The third-order valence-corrected chi connectivity index (χ3v) is 4.07. The van der Waals surface area contributed by atoms with Gasteiger partial charge < -0.3 is 15.8 Å². The van der Waals surface area contributed by atoms with Gasteiger partial charge in [0.1, 0.15) is 0 Å². The van der Waals surface area contributed by atoms with Crippen molar-refractivity contribution in [3.63, 3.8) is 0 Å². The number of thiophene rings is 1. The molecule has 1 amide bonds. The van der Waals surface area contributed by atoms with Crippen molar-refractivity contribution in [2.45, 2.75) is 38.8 Å². The van der Waals surface area contributed by atoms with Gasteiger partial charge in [0.2, 0.25) is 0 Å². The quantitative estimate of drug-likeness (QED) is 0.847. The van der Waals surface area contributed by atoms with E-state index in [0.29, 0.717) is 10.6 Å². The summed E-state index contributed by atoms with van der Waals surface area (Å²) >= 11 is 1.44. The number of aryl methyl sites for hydroxylation is 1. The Morgan fingerprint density at radius 2 is 2.41 bits per heavy atom. The maximum atomic E-state index is 12.0. The van der Waals surface area contributed by atoms with Gasteiger partial charge in [-0.15, -0.1) is 11.3 Å². The van der Waals surface area contributed by atoms with E-state index in [-0.39, 0.29) is 18.1 Å². The molecule has 5 heteroatoms. The highest BCUT2D eigenvalue weighted by Crippen LogP contribution is 2.23. The Kier molecular flexibility index (Phi) is 3.69. The topological polar surface area (TPSA) is 64.3 Å². The molecule has 17 heavy (non-hydrogen) atoms. The summed E-state index contributed by atoms with van der Waals surface area (Å²) in [5.41, 5.74) is 6.44. The lowest BCUT2D eigenvalue weighted by Gasteiger charge is -2.27. The molecule has 0 aliphatic carbocycles. The molecule has 94 valence electrons. The Balaban J connectivity index is 1.96. The van der Waals surface area contributed by atoms with Crippen molar-refractivity contribution in [3.05, 3.63) is 15.8 Å². The van der Waals surface area contributed by atoms with E-state index in [9.17, 15) is 4.79 Å². The van der Waals surface area contributed by atoms with Crippen LogP contribution in [0.2, 0.25) is 0 Å². The molecule has 1 saturated heterocycles. The molecule has 1 aromatic rings. The van der Waals surface area contributed by atoms with Gasteiger partial charge in [0.25, 0.3) is 5.91 Å². The first-order chi connectivity index (χ1) is 8.06. The SMILES string of the molecule is Cc1sc(C(=O)NC2CCOC(C)C2)cc1N. The highest BCUT2D eigenvalue weighted by Gasteiger charge is 2.22. The van der Waals surface area contributed by atoms with Gasteiger partial charge >= 0.3 is 0 Å². The first-order valence-corrected chi connectivity index (χ1v) is 6.66. The fraction of sp³-hybridized carbons (Fsp3) is 0.583. The summed E-state index contributed by atoms with van der Waals surface area (Å²) in [7, 11) is 0. The molecule has 0 radical (unpaired) electrons. The Hall–Kier alpha value is -1.07. The molecule has 4 nitrogen and oxygen atoms in total. The number of rotatable bonds is 2. The predicted octanol–water partition coefficient (Wildman–Crippen LogP) is 1.94. The Bertz CT molecular complexity index is 397. The van der Waals surface area contributed by atoms with Crippen LogP contribution in [0.1, 0.15) is 34.3 Å². The molecule has 0 spiro atoms. The second-order valence-electron chi connectivity index (χ2n) is 4.50. The van der Waals surface area contributed by atoms with Gasteiger partial charge in [-0.05, 0) is 32.8 Å². The maximum Gasteiger partial charge on any atom is 0.261 e. The number of hydrogen-bond donors (Lipinski definition) is 2. The number of nitrogens with one attached hydrogen (secondary N) is 1. The molecule has 3 N–H and O–H groups in total. The first kappa shape index (κ1) is 12.4. The van der Waals surface area contributed by atoms with Crippen molar-refractivity contribution in [1.82, 2.24) is 5.32 Å². The van der Waals surface area contributed by atoms with E-state index in [1.165, 1.54) is 11.3 Å². The number of carbonyl (C=O) groups excluding carboxylic acids is 1. The lowest BCUT2D eigenvalue weighted by Crippen LogP contribution is -2.41. The molecule has 1 aliphatic rings. The van der Waals surface area contributed by atoms with E-state index in [0.717, 1.165) is 24.3 Å². The monoisotopic (exact) mass is 254 g/mol. The smallest absolute Gasteiger partial charge is 0.261 e. The van der Waals surface area contributed by atoms with Crippen molar-refractivity contribution < 1.29 is 9.53 Å². The van der Waals surface area contributed by atoms with Crippen LogP contribution in [-0.2, 0) is 4.74 Å². The van der Waals surface area contributed by atoms with Crippen LogP contribution in [-0.4, -0.2) is 24.7 Å². The van der Waals surface area contributed by atoms with Crippen LogP contribution >= 0.6 is 11.3 Å². The molecule has 1 fully saturated rings. The predicted molar refractivity (Wildman–Crippen MR) is 69.4 cm³/mol. The molecule has 2 rings (SSSR count). The summed E-state index contributed by atoms with van der Waals surface area (Å²) in [6.45, 7) is 4.68. The van der Waals surface area contributed by atoms with E-state index < -0.39 is 0 Å². The largest absolute Gasteiger partial charge is 0.398 e. The highest BCUT2D eigenvalue weighted by molar-refractivity contribution is 7.14. The average molecular weight is 254 g/mol. The molecule has 2 heterocycles. The van der Waals surface area contributed by atoms with Crippen LogP contribution in [0, 0.1) is 6.92 Å². The van der Waals surface area contributed by atoms with Gasteiger partial charge in [0.15, 0.2) is 0 Å². The van der Waals surface area contributed by atoms with Crippen LogP contribution in [0.5, 0.6) is 0 Å². The summed E-state index contributed by atoms with van der Waals surface area (Å²) in [6, 6.07) is 1.97. The minimum Gasteiger partial charge on any atom is -0.398 e. The van der Waals surface area contributed by atoms with E-state index in [2.05, 4.69) is 5.32 Å². The average Bonchev–Trinajstić information content (AvgIpc) is 2.59. The summed E-state index contributed by atoms with van der Waals surface area (Å²) < 4.78 is 5.45. The highest BCUT2D eigenvalue weighted by atomic mass is 32.1. The van der Waals surface area contributed by atoms with Crippen molar-refractivity contribution in [2.75, 3.05) is 12.3 Å². The second kappa shape index (κ2) is 5.06. The fourth-order valence-electron chi connectivity index (χ4n) is 1.99. The number of carbonyl (C=O) groups is 1. The van der Waals surface area contributed by atoms with Crippen molar-refractivity contribution >= 4 is 22.9 Å². The number of nitrogens with two attached hydrogens (primary N) is 1. The van der Waals surface area contributed by atoms with E-state index in [1.54, 1.807) is 6.07 Å². The van der Waals surface area contributed by atoms with Gasteiger partial charge in [-0.1, -0.05) is 0 Å². The molecule has 1 aliphatic heterocycles. The van der Waals surface area contributed by atoms with E-state index in [1.807, 2.05) is 13.8 Å². The normalized spacial score (nSPS) is 24.6. The van der Waals surface area contributed by atoms with Crippen LogP contribution in [0.3, 0.4) is 0 Å². The van der Waals surface area contributed by atoms with Crippen LogP contribution in [0.15, 0.2) is 6.07 Å². The van der Waals surface area contributed by atoms with Gasteiger partial charge in [-0.3, -0.25) is 4.79 Å². The zero-order valence-electron chi connectivity index (χ0n) is 10.2. The molecule has 1 aromatic heterocycles. The minimum absolute atomic E-state index is 0.0195. The zero-order valence-corrected chi connectivity index (χ0v) is 11.0. The van der Waals surface area contributed by atoms with Gasteiger partial charge in [-0.2, -0.15) is 0 Å². The molecule has 0 saturated carbocycles. The number of amides is 1. The molecule has 0 bridgehead atoms. The maximum absolute atomic E-state index is 12.0. The lowest BCUT2D eigenvalue weighted by molar-refractivity contribution is 0.0137. The first-order valence-electron chi connectivity index (χ1n) is 5.84. The van der Waals surface area contributed by atoms with Crippen molar-refractivity contribution in [1.29, 1.82) is 0 Å². The molecule has 0 aromatic carbocycles. The van der Waals surface area contributed by atoms with Crippen LogP contribution in [0.4, 0.5) is 5.69 Å². The lowest BCUT2D eigenvalue weighted by atomic mass is 10.0. The van der Waals surface area contributed by atoms with Crippen molar-refractivity contribution in [2.24, 2.45) is 0 Å². The molecular weight excluding hydrogens is 236 g/mol. The summed E-state index contributed by atoms with van der Waals surface area (Å²) in [6.07, 6.45) is 1.99. The van der Waals surface area contributed by atoms with Crippen molar-refractivity contribution in [3.8, 4) is 0 Å². The Morgan fingerprint density at radius 3 is 3.00 bits per heavy atom. The van der Waals surface area contributed by atoms with Crippen LogP contribution < -0.4 is 11.1 Å². The third kappa shape index (κ3) is 2.98. The molecular formula is C12H18N2O2S. The standard InChI is InChI=1S/C12H18N2O2S/c1-7-5-9(3-4-16-7)14-12(15)11-6-10(13)8(2)17-11/h6-7,9H,3-5,13H2,1-2H3,(H,14,15). The van der Waals surface area contributed by atoms with Gasteiger partial charge in [0.05, 0.1) is 11.0 Å². The van der Waals surface area contributed by atoms with Gasteiger partial charge in [-0.25, -0.2) is 0 Å². The number of hydrogen-bond acceptors (Lipinski definition) is 4. The summed E-state index contributed by atoms with van der Waals surface area (Å²) in [4.78, 5) is 13.7. The Morgan fingerprint density at radius 1 is 1.65 bits per heavy atom. The van der Waals surface area contributed by atoms with E-state index >= 15 is 0 Å². The number of nitrogen functional groups attached to an aromatic ring is 1. The second-order valence-corrected chi connectivity index (χ2v) is 5.75. The van der Waals surface area contributed by atoms with Crippen LogP contribution in [0.25, 0.3) is 0 Å². The molecule has 2 unspecified atom stereocenters. The molecule has 2 atom stereocenters. The fourth-order valence-corrected chi connectivity index (χ4v) is 2.84. The Labute approximate surface area is 105 Å². The summed E-state index contributed by atoms with van der Waals surface area (Å²) in [5, 5.41) is 3.04. The van der Waals surface area contributed by atoms with Gasteiger partial charge in [0, 0.05) is 23.2 Å².